The molecule has 0 aliphatic heterocycles. The maximum absolute atomic E-state index is 12.6. The summed E-state index contributed by atoms with van der Waals surface area (Å²) >= 11 is 1.78. The Morgan fingerprint density at radius 3 is 2.48 bits per heavy atom. The Kier molecular flexibility index (Phi) is 5.26. The number of methoxy groups -OCH3 is 1. The number of benzene rings is 2. The fraction of sp³-hybridized carbons (Fsp3) is 0.208. The predicted molar refractivity (Wildman–Crippen MR) is 125 cm³/mol. The number of carbonyl (C=O) groups is 1. The molecule has 2 aromatic heterocycles. The molecule has 1 aliphatic rings. The molecular formula is C24H22N4O2S. The fourth-order valence-corrected chi connectivity index (χ4v) is 5.13. The van der Waals surface area contributed by atoms with Crippen LogP contribution in [0.1, 0.15) is 33.6 Å². The van der Waals surface area contributed by atoms with E-state index in [1.807, 2.05) is 48.5 Å². The van der Waals surface area contributed by atoms with E-state index in [2.05, 4.69) is 20.6 Å². The molecule has 2 N–H and O–H groups in total. The summed E-state index contributed by atoms with van der Waals surface area (Å²) in [5, 5.41) is 7.46. The van der Waals surface area contributed by atoms with Gasteiger partial charge in [0.25, 0.3) is 5.91 Å². The summed E-state index contributed by atoms with van der Waals surface area (Å²) in [6.07, 6.45) is 6.29. The number of hydrogen-bond donors (Lipinski definition) is 2. The van der Waals surface area contributed by atoms with Crippen LogP contribution in [-0.4, -0.2) is 23.0 Å². The molecule has 7 heteroatoms. The highest BCUT2D eigenvalue weighted by molar-refractivity contribution is 7.19. The molecule has 1 aliphatic carbocycles. The van der Waals surface area contributed by atoms with Gasteiger partial charge in [0.2, 0.25) is 0 Å². The zero-order chi connectivity index (χ0) is 21.2. The number of ether oxygens (including phenoxy) is 1. The third kappa shape index (κ3) is 3.96. The smallest absolute Gasteiger partial charge is 0.255 e. The number of amides is 1. The number of aromatic nitrogens is 2. The van der Waals surface area contributed by atoms with Crippen LogP contribution in [0.2, 0.25) is 0 Å². The third-order valence-electron chi connectivity index (χ3n) is 5.51. The van der Waals surface area contributed by atoms with Crippen LogP contribution in [0.4, 0.5) is 17.2 Å². The largest absolute Gasteiger partial charge is 0.497 e. The zero-order valence-corrected chi connectivity index (χ0v) is 18.0. The fourth-order valence-electron chi connectivity index (χ4n) is 3.90. The highest BCUT2D eigenvalue weighted by Crippen LogP contribution is 2.38. The second kappa shape index (κ2) is 8.35. The van der Waals surface area contributed by atoms with Crippen LogP contribution in [-0.2, 0) is 12.8 Å². The molecule has 0 fully saturated rings. The van der Waals surface area contributed by atoms with Gasteiger partial charge in [-0.15, -0.1) is 11.3 Å². The van der Waals surface area contributed by atoms with Crippen molar-refractivity contribution in [2.45, 2.75) is 25.7 Å². The number of aryl methyl sites for hydroxylation is 2. The van der Waals surface area contributed by atoms with Crippen molar-refractivity contribution in [3.8, 4) is 5.75 Å². The van der Waals surface area contributed by atoms with Crippen molar-refractivity contribution >= 4 is 44.7 Å². The number of hydrogen-bond acceptors (Lipinski definition) is 6. The Hall–Kier alpha value is -3.45. The summed E-state index contributed by atoms with van der Waals surface area (Å²) < 4.78 is 5.14. The van der Waals surface area contributed by atoms with Gasteiger partial charge in [-0.3, -0.25) is 4.79 Å². The molecular weight excluding hydrogens is 408 g/mol. The second-order valence-electron chi connectivity index (χ2n) is 7.50. The molecule has 0 atom stereocenters. The molecule has 1 amide bonds. The lowest BCUT2D eigenvalue weighted by Gasteiger charge is -2.12. The Morgan fingerprint density at radius 2 is 1.71 bits per heavy atom. The molecule has 6 nitrogen and oxygen atoms in total. The van der Waals surface area contributed by atoms with Gasteiger partial charge in [-0.1, -0.05) is 0 Å². The van der Waals surface area contributed by atoms with Crippen LogP contribution < -0.4 is 15.4 Å². The first kappa shape index (κ1) is 19.5. The lowest BCUT2D eigenvalue weighted by molar-refractivity contribution is 0.102. The first-order chi connectivity index (χ1) is 15.2. The van der Waals surface area contributed by atoms with Crippen LogP contribution in [0.5, 0.6) is 5.75 Å². The number of nitrogens with zero attached hydrogens (tertiary/aromatic N) is 2. The van der Waals surface area contributed by atoms with E-state index in [1.54, 1.807) is 24.8 Å². The van der Waals surface area contributed by atoms with Crippen molar-refractivity contribution in [2.75, 3.05) is 17.7 Å². The van der Waals surface area contributed by atoms with Gasteiger partial charge in [-0.25, -0.2) is 9.97 Å². The lowest BCUT2D eigenvalue weighted by atomic mass is 9.97. The summed E-state index contributed by atoms with van der Waals surface area (Å²) in [4.78, 5) is 24.0. The summed E-state index contributed by atoms with van der Waals surface area (Å²) in [6.45, 7) is 0. The number of rotatable bonds is 5. The average Bonchev–Trinajstić information content (AvgIpc) is 3.20. The van der Waals surface area contributed by atoms with Crippen molar-refractivity contribution in [1.29, 1.82) is 0 Å². The molecule has 0 radical (unpaired) electrons. The van der Waals surface area contributed by atoms with Gasteiger partial charge in [-0.05, 0) is 79.8 Å². The van der Waals surface area contributed by atoms with Crippen molar-refractivity contribution in [3.05, 3.63) is 70.9 Å². The van der Waals surface area contributed by atoms with Gasteiger partial charge in [-0.2, -0.15) is 0 Å². The molecule has 0 saturated heterocycles. The Bertz CT molecular complexity index is 1230. The van der Waals surface area contributed by atoms with E-state index in [0.29, 0.717) is 5.56 Å². The zero-order valence-electron chi connectivity index (χ0n) is 17.1. The molecule has 0 bridgehead atoms. The van der Waals surface area contributed by atoms with Crippen molar-refractivity contribution in [3.63, 3.8) is 0 Å². The van der Waals surface area contributed by atoms with Gasteiger partial charge < -0.3 is 15.4 Å². The van der Waals surface area contributed by atoms with Crippen LogP contribution in [0.25, 0.3) is 10.2 Å². The first-order valence-electron chi connectivity index (χ1n) is 10.3. The molecule has 156 valence electrons. The quantitative estimate of drug-likeness (QED) is 0.433. The summed E-state index contributed by atoms with van der Waals surface area (Å²) in [5.74, 6) is 1.42. The van der Waals surface area contributed by atoms with Crippen LogP contribution in [0.3, 0.4) is 0 Å². The van der Waals surface area contributed by atoms with E-state index in [9.17, 15) is 4.79 Å². The first-order valence-corrected chi connectivity index (χ1v) is 11.1. The topological polar surface area (TPSA) is 76.1 Å². The second-order valence-corrected chi connectivity index (χ2v) is 8.58. The molecule has 2 aromatic carbocycles. The number of thiophene rings is 1. The van der Waals surface area contributed by atoms with E-state index in [-0.39, 0.29) is 5.91 Å². The highest BCUT2D eigenvalue weighted by atomic mass is 32.1. The number of nitrogens with one attached hydrogen (secondary N) is 2. The minimum absolute atomic E-state index is 0.159. The molecule has 4 aromatic rings. The average molecular weight is 431 g/mol. The van der Waals surface area contributed by atoms with Crippen LogP contribution in [0.15, 0.2) is 54.9 Å². The molecule has 0 spiro atoms. The van der Waals surface area contributed by atoms with Gasteiger partial charge in [0.05, 0.1) is 12.5 Å². The Morgan fingerprint density at radius 1 is 0.968 bits per heavy atom. The lowest BCUT2D eigenvalue weighted by Crippen LogP contribution is -2.11. The number of anilines is 3. The number of carbonyl (C=O) groups excluding carboxylic acids is 1. The van der Waals surface area contributed by atoms with Crippen LogP contribution >= 0.6 is 11.3 Å². The summed E-state index contributed by atoms with van der Waals surface area (Å²) in [6, 6.07) is 14.7. The Balaban J connectivity index is 1.33. The van der Waals surface area contributed by atoms with E-state index < -0.39 is 0 Å². The van der Waals surface area contributed by atoms with E-state index in [4.69, 9.17) is 4.74 Å². The van der Waals surface area contributed by atoms with E-state index in [1.165, 1.54) is 23.3 Å². The van der Waals surface area contributed by atoms with E-state index >= 15 is 0 Å². The minimum atomic E-state index is -0.159. The highest BCUT2D eigenvalue weighted by Gasteiger charge is 2.20. The van der Waals surface area contributed by atoms with Crippen LogP contribution in [0, 0.1) is 0 Å². The molecule has 0 saturated carbocycles. The minimum Gasteiger partial charge on any atom is -0.497 e. The molecule has 2 heterocycles. The molecule has 5 rings (SSSR count). The van der Waals surface area contributed by atoms with Gasteiger partial charge in [0.1, 0.15) is 22.7 Å². The van der Waals surface area contributed by atoms with Gasteiger partial charge in [0.15, 0.2) is 0 Å². The van der Waals surface area contributed by atoms with Crippen molar-refractivity contribution in [2.24, 2.45) is 0 Å². The van der Waals surface area contributed by atoms with Crippen molar-refractivity contribution < 1.29 is 9.53 Å². The Labute approximate surface area is 184 Å². The maximum atomic E-state index is 12.6. The third-order valence-corrected chi connectivity index (χ3v) is 6.71. The SMILES string of the molecule is COc1ccc(NC(=O)c2ccc(Nc3ncnc4sc5c(c34)CCCC5)cc2)cc1. The summed E-state index contributed by atoms with van der Waals surface area (Å²) in [7, 11) is 1.61. The monoisotopic (exact) mass is 430 g/mol. The van der Waals surface area contributed by atoms with Gasteiger partial charge in [0, 0.05) is 21.8 Å². The van der Waals surface area contributed by atoms with Gasteiger partial charge >= 0.3 is 0 Å². The van der Waals surface area contributed by atoms with Crippen molar-refractivity contribution in [1.82, 2.24) is 9.97 Å². The maximum Gasteiger partial charge on any atom is 0.255 e. The molecule has 31 heavy (non-hydrogen) atoms. The standard InChI is InChI=1S/C24H22N4O2S/c1-30-18-12-10-17(11-13-18)28-23(29)15-6-8-16(9-7-15)27-22-21-19-4-2-3-5-20(19)31-24(21)26-14-25-22/h6-14H,2-5H2,1H3,(H,28,29)(H,25,26,27). The summed E-state index contributed by atoms with van der Waals surface area (Å²) in [5.41, 5.74) is 3.59. The predicted octanol–water partition coefficient (Wildman–Crippen LogP) is 5.57. The normalized spacial score (nSPS) is 12.9. The molecule has 0 unspecified atom stereocenters. The number of fused-ring (bicyclic) bond motifs is 3. The van der Waals surface area contributed by atoms with E-state index in [0.717, 1.165) is 46.0 Å².